The first-order valence-corrected chi connectivity index (χ1v) is 18.1. The number of nitrogens with one attached hydrogen (secondary N) is 3. The van der Waals surface area contributed by atoms with Crippen molar-refractivity contribution >= 4 is 33.5 Å². The molecule has 4 N–H and O–H groups in total. The summed E-state index contributed by atoms with van der Waals surface area (Å²) in [5.41, 5.74) is -2.07. The van der Waals surface area contributed by atoms with Crippen LogP contribution in [0.4, 0.5) is 14.5 Å². The molecule has 54 heavy (non-hydrogen) atoms. The Bertz CT molecular complexity index is 2330. The quantitative estimate of drug-likeness (QED) is 0.164. The number of nitrogens with zero attached hydrogens (tertiary/aromatic N) is 2. The van der Waals surface area contributed by atoms with Gasteiger partial charge < -0.3 is 25.0 Å². The van der Waals surface area contributed by atoms with Crippen LogP contribution in [0.2, 0.25) is 0 Å². The number of amides is 2. The van der Waals surface area contributed by atoms with Crippen molar-refractivity contribution in [2.24, 2.45) is 7.05 Å². The van der Waals surface area contributed by atoms with Crippen LogP contribution in [0.25, 0.3) is 5.69 Å². The first-order chi connectivity index (χ1) is 25.0. The molecule has 14 nitrogen and oxygen atoms in total. The van der Waals surface area contributed by atoms with Crippen molar-refractivity contribution in [2.45, 2.75) is 77.5 Å². The van der Waals surface area contributed by atoms with Crippen LogP contribution < -0.4 is 26.6 Å². The topological polar surface area (TPSA) is 195 Å². The second-order valence-corrected chi connectivity index (χ2v) is 15.6. The summed E-state index contributed by atoms with van der Waals surface area (Å²) in [5, 5.41) is 15.3. The van der Waals surface area contributed by atoms with E-state index in [4.69, 9.17) is 4.74 Å². The number of rotatable bonds is 11. The zero-order valence-corrected chi connectivity index (χ0v) is 31.6. The van der Waals surface area contributed by atoms with E-state index < -0.39 is 90.3 Å². The Morgan fingerprint density at radius 3 is 2.11 bits per heavy atom. The van der Waals surface area contributed by atoms with Crippen LogP contribution in [0.5, 0.6) is 5.75 Å². The Morgan fingerprint density at radius 2 is 1.54 bits per heavy atom. The molecule has 0 fully saturated rings. The summed E-state index contributed by atoms with van der Waals surface area (Å²) in [6.45, 7) is 11.5. The maximum absolute atomic E-state index is 15.3. The van der Waals surface area contributed by atoms with Crippen LogP contribution in [0.15, 0.2) is 69.1 Å². The van der Waals surface area contributed by atoms with Crippen LogP contribution in [0.3, 0.4) is 0 Å². The minimum absolute atomic E-state index is 0.192. The minimum Gasteiger partial charge on any atom is -0.507 e. The van der Waals surface area contributed by atoms with E-state index in [0.29, 0.717) is 29.0 Å². The third-order valence-electron chi connectivity index (χ3n) is 8.18. The van der Waals surface area contributed by atoms with Gasteiger partial charge in [0.25, 0.3) is 27.4 Å². The molecule has 1 atom stereocenters. The highest BCUT2D eigenvalue weighted by Gasteiger charge is 2.28. The Morgan fingerprint density at radius 1 is 0.907 bits per heavy atom. The van der Waals surface area contributed by atoms with E-state index in [9.17, 15) is 37.5 Å². The van der Waals surface area contributed by atoms with Gasteiger partial charge in [0.15, 0.2) is 0 Å². The number of carbonyl (C=O) groups excluding carboxylic acids is 3. The van der Waals surface area contributed by atoms with Crippen molar-refractivity contribution in [2.75, 3.05) is 4.72 Å². The summed E-state index contributed by atoms with van der Waals surface area (Å²) in [5.74, 6) is -6.15. The van der Waals surface area contributed by atoms with Crippen molar-refractivity contribution in [1.82, 2.24) is 19.8 Å². The lowest BCUT2D eigenvalue weighted by molar-refractivity contribution is -0.149. The summed E-state index contributed by atoms with van der Waals surface area (Å²) in [6.07, 6.45) is -0.796. The largest absolute Gasteiger partial charge is 0.507 e. The molecule has 0 aliphatic carbocycles. The van der Waals surface area contributed by atoms with Gasteiger partial charge in [-0.1, -0.05) is 12.1 Å². The number of anilines is 1. The van der Waals surface area contributed by atoms with Gasteiger partial charge >= 0.3 is 11.7 Å². The highest BCUT2D eigenvalue weighted by molar-refractivity contribution is 7.92. The summed E-state index contributed by atoms with van der Waals surface area (Å²) in [4.78, 5) is 63.9. The van der Waals surface area contributed by atoms with Crippen LogP contribution in [-0.4, -0.2) is 58.1 Å². The zero-order chi connectivity index (χ0) is 40.4. The van der Waals surface area contributed by atoms with E-state index in [1.807, 2.05) is 4.72 Å². The normalized spacial score (nSPS) is 12.3. The van der Waals surface area contributed by atoms with E-state index in [-0.39, 0.29) is 17.7 Å². The van der Waals surface area contributed by atoms with Gasteiger partial charge in [0.05, 0.1) is 33.5 Å². The predicted octanol–water partition coefficient (Wildman–Crippen LogP) is 3.76. The molecule has 4 rings (SSSR count). The maximum Gasteiger partial charge on any atom is 0.335 e. The van der Waals surface area contributed by atoms with Gasteiger partial charge in [0.2, 0.25) is 0 Å². The van der Waals surface area contributed by atoms with Crippen molar-refractivity contribution in [1.29, 1.82) is 0 Å². The number of hydrogen-bond acceptors (Lipinski definition) is 9. The number of halogens is 2. The SMILES string of the molecule is Cc1c(C)n(C)c(=O)n(-c2ccc(C[C@H](NC(=O)c3cc(F)c(NS(=O)(=O)c4ccc(C(=O)NC(C)(C)C)c(O)c4)cc3F)C(=O)OC(C)C)cc2)c1=O. The number of aromatic hydroxyl groups is 1. The van der Waals surface area contributed by atoms with E-state index in [1.54, 1.807) is 48.5 Å². The lowest BCUT2D eigenvalue weighted by Gasteiger charge is -2.21. The third-order valence-corrected chi connectivity index (χ3v) is 9.55. The first-order valence-electron chi connectivity index (χ1n) is 16.6. The van der Waals surface area contributed by atoms with E-state index in [2.05, 4.69) is 10.6 Å². The molecule has 0 radical (unpaired) electrons. The maximum atomic E-state index is 15.3. The second-order valence-electron chi connectivity index (χ2n) is 13.9. The Hall–Kier alpha value is -5.84. The number of aromatic nitrogens is 2. The number of phenolic OH excluding ortho intramolecular Hbond substituents is 1. The van der Waals surface area contributed by atoms with Crippen LogP contribution in [0, 0.1) is 25.5 Å². The van der Waals surface area contributed by atoms with E-state index in [0.717, 1.165) is 22.8 Å². The van der Waals surface area contributed by atoms with Gasteiger partial charge in [-0.3, -0.25) is 19.1 Å². The molecule has 0 saturated heterocycles. The first kappa shape index (κ1) is 40.9. The molecule has 288 valence electrons. The highest BCUT2D eigenvalue weighted by Crippen LogP contribution is 2.27. The molecule has 0 aliphatic rings. The molecule has 1 aromatic heterocycles. The van der Waals surface area contributed by atoms with Gasteiger partial charge in [-0.15, -0.1) is 0 Å². The smallest absolute Gasteiger partial charge is 0.335 e. The Kier molecular flexibility index (Phi) is 11.9. The average Bonchev–Trinajstić information content (AvgIpc) is 3.07. The van der Waals surface area contributed by atoms with Gasteiger partial charge in [0.1, 0.15) is 23.4 Å². The van der Waals surface area contributed by atoms with Crippen LogP contribution >= 0.6 is 0 Å². The molecule has 3 aromatic carbocycles. The molecule has 0 bridgehead atoms. The molecule has 0 aliphatic heterocycles. The number of esters is 1. The fraction of sp³-hybridized carbons (Fsp3) is 0.324. The molecule has 0 spiro atoms. The number of carbonyl (C=O) groups is 3. The van der Waals surface area contributed by atoms with E-state index in [1.165, 1.54) is 35.9 Å². The van der Waals surface area contributed by atoms with Crippen molar-refractivity contribution < 1.29 is 41.4 Å². The summed E-state index contributed by atoms with van der Waals surface area (Å²) < 4.78 is 66.1. The van der Waals surface area contributed by atoms with Crippen molar-refractivity contribution in [3.8, 4) is 11.4 Å². The summed E-state index contributed by atoms with van der Waals surface area (Å²) in [7, 11) is -3.11. The van der Waals surface area contributed by atoms with Crippen LogP contribution in [0.1, 0.15) is 72.2 Å². The minimum atomic E-state index is -4.64. The molecule has 1 heterocycles. The number of phenols is 1. The highest BCUT2D eigenvalue weighted by atomic mass is 32.2. The fourth-order valence-corrected chi connectivity index (χ4v) is 6.30. The standard InChI is InChI=1S/C37H41F2N5O9S/c1-19(2)53-35(49)30(15-22-9-11-23(12-10-22)44-34(48)20(3)21(4)43(8)36(44)50)40-32(46)26-17-28(39)29(18-27(26)38)42-54(51,52)24-13-14-25(31(45)16-24)33(47)41-37(5,6)7/h9-14,16-19,30,42,45H,15H2,1-8H3,(H,40,46)(H,41,47)/t30-/m0/s1. The molecule has 0 unspecified atom stereocenters. The fourth-order valence-electron chi connectivity index (χ4n) is 5.22. The van der Waals surface area contributed by atoms with Crippen molar-refractivity contribution in [3.05, 3.63) is 115 Å². The van der Waals surface area contributed by atoms with Crippen LogP contribution in [-0.2, 0) is 33.0 Å². The monoisotopic (exact) mass is 769 g/mol. The average molecular weight is 770 g/mol. The number of ether oxygens (including phenoxy) is 1. The Balaban J connectivity index is 1.56. The van der Waals surface area contributed by atoms with E-state index >= 15 is 8.78 Å². The summed E-state index contributed by atoms with van der Waals surface area (Å²) in [6, 6.07) is 8.29. The predicted molar refractivity (Wildman–Crippen MR) is 195 cm³/mol. The molecule has 17 heteroatoms. The lowest BCUT2D eigenvalue weighted by Crippen LogP contribution is -2.44. The lowest BCUT2D eigenvalue weighted by atomic mass is 10.0. The number of hydrogen-bond donors (Lipinski definition) is 4. The molecular weight excluding hydrogens is 728 g/mol. The molecule has 4 aromatic rings. The van der Waals surface area contributed by atoms with Gasteiger partial charge in [-0.05, 0) is 84.4 Å². The molecule has 2 amide bonds. The third kappa shape index (κ3) is 9.20. The number of sulfonamides is 1. The molecular formula is C37H41F2N5O9S. The van der Waals surface area contributed by atoms with Gasteiger partial charge in [-0.2, -0.15) is 0 Å². The van der Waals surface area contributed by atoms with Gasteiger partial charge in [-0.25, -0.2) is 31.4 Å². The van der Waals surface area contributed by atoms with Crippen molar-refractivity contribution in [3.63, 3.8) is 0 Å². The Labute approximate surface area is 309 Å². The molecule has 0 saturated carbocycles. The second kappa shape index (κ2) is 15.6. The zero-order valence-electron chi connectivity index (χ0n) is 30.8. The number of benzene rings is 3. The van der Waals surface area contributed by atoms with Gasteiger partial charge in [0, 0.05) is 42.4 Å². The summed E-state index contributed by atoms with van der Waals surface area (Å²) >= 11 is 0.